The summed E-state index contributed by atoms with van der Waals surface area (Å²) in [6.45, 7) is 10.2. The average Bonchev–Trinajstić information content (AvgIpc) is 2.96. The maximum absolute atomic E-state index is 12.9. The molecule has 0 spiro atoms. The van der Waals surface area contributed by atoms with Crippen molar-refractivity contribution >= 4 is 41.6 Å². The topological polar surface area (TPSA) is 52.6 Å². The number of hydrogen-bond donors (Lipinski definition) is 0. The Morgan fingerprint density at radius 3 is 2.18 bits per heavy atom. The van der Waals surface area contributed by atoms with Crippen molar-refractivity contribution in [1.29, 1.82) is 0 Å². The van der Waals surface area contributed by atoms with Gasteiger partial charge in [0, 0.05) is 74.7 Å². The van der Waals surface area contributed by atoms with E-state index in [0.29, 0.717) is 13.1 Å². The number of para-hydroxylation sites is 1. The number of piperazine rings is 1. The fraction of sp³-hybridized carbons (Fsp3) is 0.323. The molecule has 1 atom stereocenters. The highest BCUT2D eigenvalue weighted by molar-refractivity contribution is 5.94. The number of fused-ring (bicyclic) bond motifs is 1. The predicted molar refractivity (Wildman–Crippen MR) is 163 cm³/mol. The van der Waals surface area contributed by atoms with Gasteiger partial charge in [0.15, 0.2) is 0 Å². The fourth-order valence-electron chi connectivity index (χ4n) is 5.34. The van der Waals surface area contributed by atoms with Gasteiger partial charge < -0.3 is 4.90 Å². The molecule has 1 aliphatic rings. The highest BCUT2D eigenvalue weighted by Gasteiger charge is 2.28. The van der Waals surface area contributed by atoms with Gasteiger partial charge in [0.05, 0.1) is 17.3 Å². The molecule has 5 rings (SSSR count). The van der Waals surface area contributed by atoms with E-state index in [2.05, 4.69) is 63.3 Å². The van der Waals surface area contributed by atoms with Crippen LogP contribution in [0.4, 0.5) is 0 Å². The number of rotatable bonds is 8. The number of amides is 1. The van der Waals surface area contributed by atoms with Crippen molar-refractivity contribution in [2.24, 2.45) is 0 Å². The standard InChI is InChI=1S/C31H35N5O.2ClH/c1-3-35(4-2)31(37)26-15-13-25(14-16-26)30(28-12-7-9-24-10-8-18-33-29(24)28)36-21-19-34(20-22-36)23-27-11-5-6-17-32-27;;/h5-18,30H,3-4,19-23H2,1-2H3;2*1H. The molecule has 0 radical (unpaired) electrons. The summed E-state index contributed by atoms with van der Waals surface area (Å²) in [5, 5.41) is 1.15. The Balaban J connectivity index is 0.00000210. The van der Waals surface area contributed by atoms with Gasteiger partial charge in [0.25, 0.3) is 5.91 Å². The van der Waals surface area contributed by atoms with Crippen LogP contribution in [0.5, 0.6) is 0 Å². The van der Waals surface area contributed by atoms with E-state index in [9.17, 15) is 4.79 Å². The summed E-state index contributed by atoms with van der Waals surface area (Å²) in [5.74, 6) is 0.0862. The molecule has 4 aromatic rings. The van der Waals surface area contributed by atoms with Crippen molar-refractivity contribution in [1.82, 2.24) is 24.7 Å². The second-order valence-electron chi connectivity index (χ2n) is 9.56. The Morgan fingerprint density at radius 1 is 0.821 bits per heavy atom. The van der Waals surface area contributed by atoms with E-state index in [0.717, 1.165) is 54.9 Å². The van der Waals surface area contributed by atoms with Crippen molar-refractivity contribution in [2.75, 3.05) is 39.3 Å². The molecule has 0 bridgehead atoms. The molecule has 2 aromatic heterocycles. The number of carbonyl (C=O) groups excluding carboxylic acids is 1. The third-order valence-electron chi connectivity index (χ3n) is 7.37. The van der Waals surface area contributed by atoms with Crippen LogP contribution >= 0.6 is 24.8 Å². The van der Waals surface area contributed by atoms with Gasteiger partial charge in [-0.25, -0.2) is 0 Å². The summed E-state index contributed by atoms with van der Waals surface area (Å²) in [7, 11) is 0. The molecular formula is C31H37Cl2N5O. The minimum absolute atomic E-state index is 0. The summed E-state index contributed by atoms with van der Waals surface area (Å²) in [6, 6.07) is 25.0. The summed E-state index contributed by atoms with van der Waals surface area (Å²) in [4.78, 5) is 29.1. The summed E-state index contributed by atoms with van der Waals surface area (Å²) in [6.07, 6.45) is 3.74. The minimum Gasteiger partial charge on any atom is -0.339 e. The van der Waals surface area contributed by atoms with Gasteiger partial charge in [0.2, 0.25) is 0 Å². The Hall–Kier alpha value is -3.03. The number of halogens is 2. The van der Waals surface area contributed by atoms with Gasteiger partial charge in [0.1, 0.15) is 0 Å². The van der Waals surface area contributed by atoms with Gasteiger partial charge in [-0.1, -0.05) is 42.5 Å². The third-order valence-corrected chi connectivity index (χ3v) is 7.37. The zero-order valence-electron chi connectivity index (χ0n) is 22.6. The quantitative estimate of drug-likeness (QED) is 0.267. The van der Waals surface area contributed by atoms with Crippen LogP contribution in [-0.4, -0.2) is 69.8 Å². The summed E-state index contributed by atoms with van der Waals surface area (Å²) < 4.78 is 0. The van der Waals surface area contributed by atoms with Crippen molar-refractivity contribution in [3.63, 3.8) is 0 Å². The van der Waals surface area contributed by atoms with Crippen LogP contribution in [-0.2, 0) is 6.54 Å². The molecule has 0 saturated carbocycles. The molecule has 0 N–H and O–H groups in total. The van der Waals surface area contributed by atoms with Crippen LogP contribution in [0.3, 0.4) is 0 Å². The normalized spacial score (nSPS) is 14.7. The molecule has 3 heterocycles. The highest BCUT2D eigenvalue weighted by Crippen LogP contribution is 2.34. The van der Waals surface area contributed by atoms with Crippen molar-refractivity contribution < 1.29 is 4.79 Å². The summed E-state index contributed by atoms with van der Waals surface area (Å²) in [5.41, 5.74) is 5.28. The van der Waals surface area contributed by atoms with Gasteiger partial charge in [-0.2, -0.15) is 0 Å². The molecule has 6 nitrogen and oxygen atoms in total. The first-order chi connectivity index (χ1) is 18.2. The van der Waals surface area contributed by atoms with E-state index in [-0.39, 0.29) is 36.8 Å². The van der Waals surface area contributed by atoms with Gasteiger partial charge in [-0.3, -0.25) is 24.6 Å². The number of pyridine rings is 2. The average molecular weight is 567 g/mol. The molecule has 2 aromatic carbocycles. The van der Waals surface area contributed by atoms with Crippen molar-refractivity contribution in [3.05, 3.63) is 108 Å². The summed E-state index contributed by atoms with van der Waals surface area (Å²) >= 11 is 0. The Morgan fingerprint density at radius 2 is 1.51 bits per heavy atom. The third kappa shape index (κ3) is 6.95. The van der Waals surface area contributed by atoms with Crippen LogP contribution in [0.25, 0.3) is 10.9 Å². The Bertz CT molecular complexity index is 1320. The number of aromatic nitrogens is 2. The van der Waals surface area contributed by atoms with Gasteiger partial charge >= 0.3 is 0 Å². The Labute approximate surface area is 243 Å². The van der Waals surface area contributed by atoms with Crippen molar-refractivity contribution in [2.45, 2.75) is 26.4 Å². The maximum atomic E-state index is 12.9. The van der Waals surface area contributed by atoms with E-state index in [1.165, 1.54) is 11.1 Å². The second-order valence-corrected chi connectivity index (χ2v) is 9.56. The first-order valence-electron chi connectivity index (χ1n) is 13.3. The van der Waals surface area contributed by atoms with Crippen LogP contribution in [0.1, 0.15) is 47.1 Å². The maximum Gasteiger partial charge on any atom is 0.253 e. The lowest BCUT2D eigenvalue weighted by Gasteiger charge is -2.40. The monoisotopic (exact) mass is 565 g/mol. The highest BCUT2D eigenvalue weighted by atomic mass is 35.5. The first kappa shape index (κ1) is 30.5. The molecule has 206 valence electrons. The van der Waals surface area contributed by atoms with Gasteiger partial charge in [-0.15, -0.1) is 24.8 Å². The van der Waals surface area contributed by atoms with Crippen LogP contribution in [0, 0.1) is 0 Å². The molecule has 8 heteroatoms. The second kappa shape index (κ2) is 14.4. The van der Waals surface area contributed by atoms with Gasteiger partial charge in [-0.05, 0) is 49.7 Å². The minimum atomic E-state index is 0. The Kier molecular flexibility index (Phi) is 11.3. The molecule has 1 unspecified atom stereocenters. The zero-order chi connectivity index (χ0) is 25.6. The van der Waals surface area contributed by atoms with Crippen molar-refractivity contribution in [3.8, 4) is 0 Å². The number of nitrogens with zero attached hydrogens (tertiary/aromatic N) is 5. The number of benzene rings is 2. The molecule has 1 amide bonds. The lowest BCUT2D eigenvalue weighted by molar-refractivity contribution is 0.0773. The fourth-order valence-corrected chi connectivity index (χ4v) is 5.34. The first-order valence-corrected chi connectivity index (χ1v) is 13.3. The number of carbonyl (C=O) groups is 1. The lowest BCUT2D eigenvalue weighted by Crippen LogP contribution is -2.47. The molecule has 39 heavy (non-hydrogen) atoms. The van der Waals surface area contributed by atoms with Crippen LogP contribution in [0.2, 0.25) is 0 Å². The van der Waals surface area contributed by atoms with E-state index < -0.39 is 0 Å². The molecular weight excluding hydrogens is 529 g/mol. The zero-order valence-corrected chi connectivity index (χ0v) is 24.2. The lowest BCUT2D eigenvalue weighted by atomic mass is 9.93. The van der Waals surface area contributed by atoms with E-state index in [1.807, 2.05) is 55.4 Å². The van der Waals surface area contributed by atoms with E-state index in [1.54, 1.807) is 0 Å². The molecule has 1 aliphatic heterocycles. The van der Waals surface area contributed by atoms with Crippen LogP contribution < -0.4 is 0 Å². The molecule has 1 saturated heterocycles. The largest absolute Gasteiger partial charge is 0.339 e. The number of hydrogen-bond acceptors (Lipinski definition) is 5. The smallest absolute Gasteiger partial charge is 0.253 e. The van der Waals surface area contributed by atoms with E-state index >= 15 is 0 Å². The van der Waals surface area contributed by atoms with Crippen LogP contribution in [0.15, 0.2) is 85.2 Å². The molecule has 1 fully saturated rings. The predicted octanol–water partition coefficient (Wildman–Crippen LogP) is 5.86. The molecule has 0 aliphatic carbocycles. The van der Waals surface area contributed by atoms with E-state index in [4.69, 9.17) is 4.98 Å². The SMILES string of the molecule is CCN(CC)C(=O)c1ccc(C(c2cccc3cccnc23)N2CCN(Cc3ccccn3)CC2)cc1.Cl.Cl.